The fraction of sp³-hybridized carbons (Fsp3) is 0.231. The standard InChI is InChI=1S/C13H14N2OS2/c1-10-15-11(9-18-10)4-5-13(16)14-7-6-12-3-2-8-17-12/h2-5,8-9H,6-7H2,1H3,(H,14,16). The van der Waals surface area contributed by atoms with Gasteiger partial charge < -0.3 is 5.32 Å². The van der Waals surface area contributed by atoms with E-state index in [1.165, 1.54) is 11.0 Å². The maximum atomic E-state index is 11.5. The van der Waals surface area contributed by atoms with Crippen molar-refractivity contribution >= 4 is 34.7 Å². The highest BCUT2D eigenvalue weighted by atomic mass is 32.1. The van der Waals surface area contributed by atoms with Crippen LogP contribution in [0, 0.1) is 6.92 Å². The predicted octanol–water partition coefficient (Wildman–Crippen LogP) is 2.89. The van der Waals surface area contributed by atoms with Gasteiger partial charge in [0.15, 0.2) is 0 Å². The Kier molecular flexibility index (Phi) is 4.66. The van der Waals surface area contributed by atoms with E-state index in [2.05, 4.69) is 16.4 Å². The second kappa shape index (κ2) is 6.47. The Hall–Kier alpha value is -1.46. The van der Waals surface area contributed by atoms with Crippen LogP contribution in [-0.2, 0) is 11.2 Å². The van der Waals surface area contributed by atoms with Crippen molar-refractivity contribution < 1.29 is 4.79 Å². The molecular weight excluding hydrogens is 264 g/mol. The topological polar surface area (TPSA) is 42.0 Å². The summed E-state index contributed by atoms with van der Waals surface area (Å²) in [5, 5.41) is 7.84. The maximum absolute atomic E-state index is 11.5. The molecule has 0 unspecified atom stereocenters. The molecule has 0 spiro atoms. The number of amides is 1. The molecule has 18 heavy (non-hydrogen) atoms. The van der Waals surface area contributed by atoms with E-state index in [4.69, 9.17) is 0 Å². The highest BCUT2D eigenvalue weighted by Crippen LogP contribution is 2.09. The predicted molar refractivity (Wildman–Crippen MR) is 76.9 cm³/mol. The molecule has 0 saturated carbocycles. The summed E-state index contributed by atoms with van der Waals surface area (Å²) in [6.07, 6.45) is 4.15. The molecular formula is C13H14N2OS2. The summed E-state index contributed by atoms with van der Waals surface area (Å²) in [7, 11) is 0. The van der Waals surface area contributed by atoms with Crippen LogP contribution in [0.4, 0.5) is 0 Å². The van der Waals surface area contributed by atoms with Crippen molar-refractivity contribution in [3.05, 3.63) is 44.5 Å². The number of carbonyl (C=O) groups is 1. The molecule has 0 aromatic carbocycles. The van der Waals surface area contributed by atoms with Crippen molar-refractivity contribution in [1.29, 1.82) is 0 Å². The van der Waals surface area contributed by atoms with Gasteiger partial charge in [-0.25, -0.2) is 4.98 Å². The van der Waals surface area contributed by atoms with E-state index in [9.17, 15) is 4.79 Å². The van der Waals surface area contributed by atoms with Gasteiger partial charge >= 0.3 is 0 Å². The smallest absolute Gasteiger partial charge is 0.244 e. The van der Waals surface area contributed by atoms with Gasteiger partial charge in [-0.2, -0.15) is 0 Å². The zero-order chi connectivity index (χ0) is 12.8. The maximum Gasteiger partial charge on any atom is 0.244 e. The molecule has 5 heteroatoms. The second-order valence-corrected chi connectivity index (χ2v) is 5.84. The number of rotatable bonds is 5. The lowest BCUT2D eigenvalue weighted by atomic mass is 10.3. The van der Waals surface area contributed by atoms with Gasteiger partial charge in [0.1, 0.15) is 0 Å². The van der Waals surface area contributed by atoms with Crippen LogP contribution < -0.4 is 5.32 Å². The van der Waals surface area contributed by atoms with Crippen molar-refractivity contribution in [1.82, 2.24) is 10.3 Å². The Labute approximate surface area is 114 Å². The van der Waals surface area contributed by atoms with Gasteiger partial charge in [0, 0.05) is 22.9 Å². The van der Waals surface area contributed by atoms with Gasteiger partial charge in [0.25, 0.3) is 0 Å². The minimum atomic E-state index is -0.0720. The van der Waals surface area contributed by atoms with Gasteiger partial charge in [0.05, 0.1) is 10.7 Å². The van der Waals surface area contributed by atoms with Crippen LogP contribution in [0.25, 0.3) is 6.08 Å². The van der Waals surface area contributed by atoms with E-state index >= 15 is 0 Å². The number of thiazole rings is 1. The third-order valence-electron chi connectivity index (χ3n) is 2.29. The first-order valence-corrected chi connectivity index (χ1v) is 7.40. The van der Waals surface area contributed by atoms with Crippen molar-refractivity contribution in [2.45, 2.75) is 13.3 Å². The van der Waals surface area contributed by atoms with Gasteiger partial charge in [-0.15, -0.1) is 22.7 Å². The first-order chi connectivity index (χ1) is 8.74. The van der Waals surface area contributed by atoms with Gasteiger partial charge in [-0.3, -0.25) is 4.79 Å². The summed E-state index contributed by atoms with van der Waals surface area (Å²) >= 11 is 3.29. The van der Waals surface area contributed by atoms with Crippen molar-refractivity contribution in [3.8, 4) is 0 Å². The number of nitrogens with one attached hydrogen (secondary N) is 1. The molecule has 0 fully saturated rings. The number of aromatic nitrogens is 1. The third kappa shape index (κ3) is 4.09. The van der Waals surface area contributed by atoms with Crippen molar-refractivity contribution in [2.75, 3.05) is 6.54 Å². The molecule has 0 aliphatic carbocycles. The largest absolute Gasteiger partial charge is 0.352 e. The highest BCUT2D eigenvalue weighted by Gasteiger charge is 1.98. The van der Waals surface area contributed by atoms with Gasteiger partial charge in [0.2, 0.25) is 5.91 Å². The van der Waals surface area contributed by atoms with Crippen molar-refractivity contribution in [3.63, 3.8) is 0 Å². The summed E-state index contributed by atoms with van der Waals surface area (Å²) in [5.41, 5.74) is 0.839. The number of thiophene rings is 1. The van der Waals surface area contributed by atoms with E-state index in [0.29, 0.717) is 6.54 Å². The Balaban J connectivity index is 1.73. The molecule has 3 nitrogen and oxygen atoms in total. The molecule has 2 aromatic rings. The number of hydrogen-bond donors (Lipinski definition) is 1. The minimum absolute atomic E-state index is 0.0720. The summed E-state index contributed by atoms with van der Waals surface area (Å²) < 4.78 is 0. The molecule has 0 bridgehead atoms. The second-order valence-electron chi connectivity index (χ2n) is 3.75. The molecule has 1 amide bonds. The average Bonchev–Trinajstić information content (AvgIpc) is 2.98. The zero-order valence-corrected chi connectivity index (χ0v) is 11.7. The van der Waals surface area contributed by atoms with Gasteiger partial charge in [-0.05, 0) is 30.9 Å². The quantitative estimate of drug-likeness (QED) is 0.855. The number of nitrogens with zero attached hydrogens (tertiary/aromatic N) is 1. The summed E-state index contributed by atoms with van der Waals surface area (Å²) in [4.78, 5) is 17.1. The molecule has 2 rings (SSSR count). The summed E-state index contributed by atoms with van der Waals surface area (Å²) in [6, 6.07) is 4.09. The normalized spacial score (nSPS) is 10.9. The average molecular weight is 278 g/mol. The molecule has 1 N–H and O–H groups in total. The molecule has 0 atom stereocenters. The molecule has 0 aliphatic rings. The fourth-order valence-corrected chi connectivity index (χ4v) is 2.73. The summed E-state index contributed by atoms with van der Waals surface area (Å²) in [6.45, 7) is 2.61. The minimum Gasteiger partial charge on any atom is -0.352 e. The lowest BCUT2D eigenvalue weighted by molar-refractivity contribution is -0.116. The van der Waals surface area contributed by atoms with Crippen LogP contribution in [0.15, 0.2) is 29.0 Å². The van der Waals surface area contributed by atoms with E-state index in [0.717, 1.165) is 17.1 Å². The summed E-state index contributed by atoms with van der Waals surface area (Å²) in [5.74, 6) is -0.0720. The van der Waals surface area contributed by atoms with Crippen LogP contribution in [-0.4, -0.2) is 17.4 Å². The van der Waals surface area contributed by atoms with Crippen LogP contribution in [0.5, 0.6) is 0 Å². The molecule has 0 aliphatic heterocycles. The van der Waals surface area contributed by atoms with Crippen molar-refractivity contribution in [2.24, 2.45) is 0 Å². The number of hydrogen-bond acceptors (Lipinski definition) is 4. The Morgan fingerprint density at radius 2 is 2.39 bits per heavy atom. The molecule has 0 saturated heterocycles. The SMILES string of the molecule is Cc1nc(C=CC(=O)NCCc2cccs2)cs1. The third-order valence-corrected chi connectivity index (χ3v) is 4.02. The molecule has 94 valence electrons. The molecule has 2 aromatic heterocycles. The number of carbonyl (C=O) groups excluding carboxylic acids is 1. The van der Waals surface area contributed by atoms with E-state index in [-0.39, 0.29) is 5.91 Å². The monoisotopic (exact) mass is 278 g/mol. The molecule has 2 heterocycles. The van der Waals surface area contributed by atoms with Crippen LogP contribution in [0.1, 0.15) is 15.6 Å². The first kappa shape index (κ1) is 13.0. The van der Waals surface area contributed by atoms with Crippen LogP contribution in [0.3, 0.4) is 0 Å². The number of aryl methyl sites for hydroxylation is 1. The Morgan fingerprint density at radius 1 is 1.50 bits per heavy atom. The van der Waals surface area contributed by atoms with Gasteiger partial charge in [-0.1, -0.05) is 6.07 Å². The zero-order valence-electron chi connectivity index (χ0n) is 10.1. The van der Waals surface area contributed by atoms with Crippen LogP contribution in [0.2, 0.25) is 0 Å². The molecule has 0 radical (unpaired) electrons. The Bertz CT molecular complexity index is 529. The van der Waals surface area contributed by atoms with E-state index in [1.54, 1.807) is 28.7 Å². The Morgan fingerprint density at radius 3 is 3.06 bits per heavy atom. The highest BCUT2D eigenvalue weighted by molar-refractivity contribution is 7.10. The lowest BCUT2D eigenvalue weighted by Crippen LogP contribution is -2.23. The first-order valence-electron chi connectivity index (χ1n) is 5.64. The fourth-order valence-electron chi connectivity index (χ4n) is 1.44. The van der Waals surface area contributed by atoms with Crippen LogP contribution >= 0.6 is 22.7 Å². The lowest BCUT2D eigenvalue weighted by Gasteiger charge is -1.99. The van der Waals surface area contributed by atoms with E-state index in [1.807, 2.05) is 23.8 Å². The van der Waals surface area contributed by atoms with E-state index < -0.39 is 0 Å².